The van der Waals surface area contributed by atoms with E-state index in [1.807, 2.05) is 36.6 Å². The molecule has 2 aromatic carbocycles. The van der Waals surface area contributed by atoms with Crippen molar-refractivity contribution in [2.24, 2.45) is 0 Å². The molecule has 36 heavy (non-hydrogen) atoms. The zero-order valence-corrected chi connectivity index (χ0v) is 22.4. The highest BCUT2D eigenvalue weighted by Gasteiger charge is 2.34. The first-order valence-corrected chi connectivity index (χ1v) is 13.1. The van der Waals surface area contributed by atoms with E-state index in [0.29, 0.717) is 29.8 Å². The van der Waals surface area contributed by atoms with Gasteiger partial charge in [0.25, 0.3) is 0 Å². The van der Waals surface area contributed by atoms with E-state index >= 15 is 0 Å². The summed E-state index contributed by atoms with van der Waals surface area (Å²) in [6.07, 6.45) is 7.32. The van der Waals surface area contributed by atoms with Gasteiger partial charge in [-0.3, -0.25) is 9.59 Å². The minimum Gasteiger partial charge on any atom is -0.444 e. The summed E-state index contributed by atoms with van der Waals surface area (Å²) in [4.78, 5) is 41.0. The molecule has 2 atom stereocenters. The Labute approximate surface area is 218 Å². The summed E-state index contributed by atoms with van der Waals surface area (Å²) in [6.45, 7) is 5.55. The highest BCUT2D eigenvalue weighted by molar-refractivity contribution is 7.98. The van der Waals surface area contributed by atoms with Crippen LogP contribution in [0.2, 0.25) is 0 Å². The maximum atomic E-state index is 13.7. The minimum atomic E-state index is -0.995. The second-order valence-electron chi connectivity index (χ2n) is 9.27. The van der Waals surface area contributed by atoms with Gasteiger partial charge in [0.05, 0.1) is 0 Å². The number of likely N-dealkylation sites (N-methyl/N-ethyl adjacent to an activating group) is 1. The Morgan fingerprint density at radius 1 is 1.08 bits per heavy atom. The van der Waals surface area contributed by atoms with Gasteiger partial charge in [-0.2, -0.15) is 11.8 Å². The summed E-state index contributed by atoms with van der Waals surface area (Å²) in [5.74, 6) is 2.45. The Morgan fingerprint density at radius 3 is 2.33 bits per heavy atom. The number of carbonyl (C=O) groups is 3. The first kappa shape index (κ1) is 28.8. The van der Waals surface area contributed by atoms with Gasteiger partial charge in [0.1, 0.15) is 17.7 Å². The Morgan fingerprint density at radius 2 is 1.72 bits per heavy atom. The van der Waals surface area contributed by atoms with Crippen molar-refractivity contribution in [1.29, 1.82) is 0 Å². The Kier molecular flexibility index (Phi) is 10.9. The van der Waals surface area contributed by atoms with Gasteiger partial charge in [0.15, 0.2) is 0 Å². The largest absolute Gasteiger partial charge is 0.444 e. The first-order chi connectivity index (χ1) is 17.1. The van der Waals surface area contributed by atoms with Crippen LogP contribution in [0.3, 0.4) is 0 Å². The molecule has 3 amide bonds. The fourth-order valence-corrected chi connectivity index (χ4v) is 4.06. The lowest BCUT2D eigenvalue weighted by molar-refractivity contribution is -0.140. The van der Waals surface area contributed by atoms with Crippen LogP contribution >= 0.6 is 11.8 Å². The van der Waals surface area contributed by atoms with Crippen LogP contribution in [0, 0.1) is 12.3 Å². The number of hydrogen-bond donors (Lipinski definition) is 2. The van der Waals surface area contributed by atoms with Crippen LogP contribution < -0.4 is 10.6 Å². The third-order valence-corrected chi connectivity index (χ3v) is 5.95. The predicted octanol–water partition coefficient (Wildman–Crippen LogP) is 4.13. The van der Waals surface area contributed by atoms with Gasteiger partial charge < -0.3 is 20.3 Å². The summed E-state index contributed by atoms with van der Waals surface area (Å²) < 4.78 is 5.36. The van der Waals surface area contributed by atoms with Crippen molar-refractivity contribution in [3.05, 3.63) is 71.3 Å². The van der Waals surface area contributed by atoms with E-state index in [2.05, 4.69) is 16.6 Å². The van der Waals surface area contributed by atoms with Crippen LogP contribution in [0.1, 0.15) is 49.9 Å². The maximum absolute atomic E-state index is 13.7. The van der Waals surface area contributed by atoms with E-state index in [1.165, 1.54) is 4.90 Å². The lowest BCUT2D eigenvalue weighted by Crippen LogP contribution is -2.52. The standard InChI is InChI=1S/C28H35N3O4S/c1-7-21-15-11-12-16-22(21)24(25(32)29-19-20-13-9-8-10-14-20)31(5)26(33)23(17-18-36-6)30-27(34)35-28(2,3)4/h1,8-16,23-24H,17-19H2,2-6H3,(H,29,32)(H,30,34). The number of rotatable bonds is 10. The number of alkyl carbamates (subject to hydrolysis) is 1. The third-order valence-electron chi connectivity index (χ3n) is 5.30. The van der Waals surface area contributed by atoms with Crippen LogP contribution in [-0.2, 0) is 20.9 Å². The van der Waals surface area contributed by atoms with Gasteiger partial charge in [0, 0.05) is 19.2 Å². The molecule has 0 saturated heterocycles. The highest BCUT2D eigenvalue weighted by atomic mass is 32.2. The summed E-state index contributed by atoms with van der Waals surface area (Å²) >= 11 is 1.55. The number of nitrogens with one attached hydrogen (secondary N) is 2. The zero-order chi connectivity index (χ0) is 26.7. The van der Waals surface area contributed by atoms with Crippen LogP contribution in [-0.4, -0.2) is 53.5 Å². The van der Waals surface area contributed by atoms with Gasteiger partial charge in [-0.25, -0.2) is 4.79 Å². The summed E-state index contributed by atoms with van der Waals surface area (Å²) in [7, 11) is 1.55. The van der Waals surface area contributed by atoms with E-state index in [9.17, 15) is 14.4 Å². The molecule has 2 aromatic rings. The molecule has 0 saturated carbocycles. The topological polar surface area (TPSA) is 87.7 Å². The fourth-order valence-electron chi connectivity index (χ4n) is 3.59. The molecule has 7 nitrogen and oxygen atoms in total. The van der Waals surface area contributed by atoms with E-state index in [1.54, 1.807) is 63.8 Å². The smallest absolute Gasteiger partial charge is 0.408 e. The molecule has 2 unspecified atom stereocenters. The summed E-state index contributed by atoms with van der Waals surface area (Å²) in [5.41, 5.74) is 1.25. The number of carbonyl (C=O) groups excluding carboxylic acids is 3. The van der Waals surface area contributed by atoms with Crippen molar-refractivity contribution in [2.75, 3.05) is 19.1 Å². The molecular formula is C28H35N3O4S. The van der Waals surface area contributed by atoms with Crippen LogP contribution in [0.4, 0.5) is 4.79 Å². The molecular weight excluding hydrogens is 474 g/mol. The summed E-state index contributed by atoms with van der Waals surface area (Å²) in [6, 6.07) is 14.6. The number of thioether (sulfide) groups is 1. The summed E-state index contributed by atoms with van der Waals surface area (Å²) in [5, 5.41) is 5.60. The molecule has 0 bridgehead atoms. The minimum absolute atomic E-state index is 0.294. The maximum Gasteiger partial charge on any atom is 0.408 e. The van der Waals surface area contributed by atoms with Crippen molar-refractivity contribution < 1.29 is 19.1 Å². The molecule has 8 heteroatoms. The van der Waals surface area contributed by atoms with Crippen molar-refractivity contribution in [2.45, 2.75) is 51.4 Å². The lowest BCUT2D eigenvalue weighted by Gasteiger charge is -2.32. The SMILES string of the molecule is C#Cc1ccccc1C(C(=O)NCc1ccccc1)N(C)C(=O)C(CCSC)NC(=O)OC(C)(C)C. The number of benzene rings is 2. The average molecular weight is 510 g/mol. The second-order valence-corrected chi connectivity index (χ2v) is 10.3. The number of nitrogens with zero attached hydrogens (tertiary/aromatic N) is 1. The number of terminal acetylenes is 1. The molecule has 2 rings (SSSR count). The number of ether oxygens (including phenoxy) is 1. The molecule has 0 fully saturated rings. The Balaban J connectivity index is 2.35. The fraction of sp³-hybridized carbons (Fsp3) is 0.393. The second kappa shape index (κ2) is 13.6. The number of hydrogen-bond acceptors (Lipinski definition) is 5. The molecule has 0 spiro atoms. The molecule has 0 aliphatic rings. The molecule has 2 N–H and O–H groups in total. The van der Waals surface area contributed by atoms with E-state index < -0.39 is 29.7 Å². The van der Waals surface area contributed by atoms with Crippen LogP contribution in [0.25, 0.3) is 0 Å². The average Bonchev–Trinajstić information content (AvgIpc) is 2.84. The van der Waals surface area contributed by atoms with E-state index in [0.717, 1.165) is 5.56 Å². The normalized spacial score (nSPS) is 12.6. The van der Waals surface area contributed by atoms with Gasteiger partial charge in [0.2, 0.25) is 11.8 Å². The molecule has 0 radical (unpaired) electrons. The Bertz CT molecular complexity index is 1080. The molecule has 192 valence electrons. The quantitative estimate of drug-likeness (QED) is 0.470. The van der Waals surface area contributed by atoms with Crippen molar-refractivity contribution in [3.8, 4) is 12.3 Å². The zero-order valence-electron chi connectivity index (χ0n) is 21.5. The molecule has 0 heterocycles. The van der Waals surface area contributed by atoms with Crippen molar-refractivity contribution in [1.82, 2.24) is 15.5 Å². The van der Waals surface area contributed by atoms with E-state index in [-0.39, 0.29) is 5.91 Å². The lowest BCUT2D eigenvalue weighted by atomic mass is 9.98. The van der Waals surface area contributed by atoms with Crippen LogP contribution in [0.5, 0.6) is 0 Å². The molecule has 0 aliphatic heterocycles. The first-order valence-electron chi connectivity index (χ1n) is 11.7. The van der Waals surface area contributed by atoms with Crippen molar-refractivity contribution in [3.63, 3.8) is 0 Å². The van der Waals surface area contributed by atoms with Crippen LogP contribution in [0.15, 0.2) is 54.6 Å². The molecule has 0 aliphatic carbocycles. The predicted molar refractivity (Wildman–Crippen MR) is 144 cm³/mol. The number of amides is 3. The third kappa shape index (κ3) is 8.65. The van der Waals surface area contributed by atoms with Gasteiger partial charge in [-0.15, -0.1) is 6.42 Å². The van der Waals surface area contributed by atoms with Crippen molar-refractivity contribution >= 4 is 29.7 Å². The van der Waals surface area contributed by atoms with Gasteiger partial charge in [-0.1, -0.05) is 54.5 Å². The Hall–Kier alpha value is -3.44. The van der Waals surface area contributed by atoms with E-state index in [4.69, 9.17) is 11.2 Å². The van der Waals surface area contributed by atoms with Gasteiger partial charge >= 0.3 is 6.09 Å². The van der Waals surface area contributed by atoms with Gasteiger partial charge in [-0.05, 0) is 56.4 Å². The molecule has 0 aromatic heterocycles. The monoisotopic (exact) mass is 509 g/mol. The highest BCUT2D eigenvalue weighted by Crippen LogP contribution is 2.25.